The van der Waals surface area contributed by atoms with Crippen molar-refractivity contribution in [3.05, 3.63) is 60.2 Å². The number of carbonyl (C=O) groups is 4. The van der Waals surface area contributed by atoms with Gasteiger partial charge in [-0.25, -0.2) is 0 Å². The number of thioether (sulfide) groups is 1. The average Bonchev–Trinajstić information content (AvgIpc) is 3.62. The Balaban J connectivity index is 1.69. The SMILES string of the molecule is CCC(C)C(C(CC(=O)N1CCCC1CCC(=O)NC(Cc1ccccc1)Sc1ccccc1O)OC)N(C)C(=O)C(NC(=O)C(C(C)C)N(C)C)C(C)C. The fourth-order valence-electron chi connectivity index (χ4n) is 7.80. The predicted molar refractivity (Wildman–Crippen MR) is 221 cm³/mol. The van der Waals surface area contributed by atoms with E-state index in [-0.39, 0.29) is 77.4 Å². The minimum absolute atomic E-state index is 0.0120. The van der Waals surface area contributed by atoms with E-state index in [9.17, 15) is 24.3 Å². The molecular formula is C43H67N5O6S. The van der Waals surface area contributed by atoms with Crippen molar-refractivity contribution in [2.24, 2.45) is 17.8 Å². The zero-order valence-electron chi connectivity index (χ0n) is 34.8. The number of hydrogen-bond donors (Lipinski definition) is 3. The second-order valence-corrected chi connectivity index (χ2v) is 17.2. The lowest BCUT2D eigenvalue weighted by Crippen LogP contribution is -2.59. The molecule has 2 aromatic rings. The molecule has 3 N–H and O–H groups in total. The molecule has 1 saturated heterocycles. The van der Waals surface area contributed by atoms with Gasteiger partial charge in [0.1, 0.15) is 11.8 Å². The first-order chi connectivity index (χ1) is 26.1. The van der Waals surface area contributed by atoms with E-state index in [1.165, 1.54) is 11.8 Å². The molecule has 1 aliphatic rings. The van der Waals surface area contributed by atoms with Crippen molar-refractivity contribution in [3.63, 3.8) is 0 Å². The van der Waals surface area contributed by atoms with Gasteiger partial charge in [0.2, 0.25) is 23.6 Å². The Morgan fingerprint density at radius 2 is 1.60 bits per heavy atom. The maximum atomic E-state index is 14.2. The maximum absolute atomic E-state index is 14.2. The molecule has 0 aromatic heterocycles. The zero-order chi connectivity index (χ0) is 40.8. The topological polar surface area (TPSA) is 132 Å². The van der Waals surface area contributed by atoms with Crippen LogP contribution in [0.1, 0.15) is 85.6 Å². The van der Waals surface area contributed by atoms with Gasteiger partial charge in [0.25, 0.3) is 0 Å². The number of likely N-dealkylation sites (N-methyl/N-ethyl adjacent to an activating group) is 2. The molecule has 7 unspecified atom stereocenters. The van der Waals surface area contributed by atoms with E-state index < -0.39 is 18.2 Å². The van der Waals surface area contributed by atoms with E-state index in [1.807, 2.05) is 94.1 Å². The number of ether oxygens (including phenoxy) is 1. The maximum Gasteiger partial charge on any atom is 0.245 e. The lowest BCUT2D eigenvalue weighted by atomic mass is 9.89. The van der Waals surface area contributed by atoms with Crippen LogP contribution in [-0.2, 0) is 30.3 Å². The van der Waals surface area contributed by atoms with Gasteiger partial charge in [-0.3, -0.25) is 24.1 Å². The van der Waals surface area contributed by atoms with Crippen LogP contribution in [0.2, 0.25) is 0 Å². The third-order valence-electron chi connectivity index (χ3n) is 10.9. The van der Waals surface area contributed by atoms with Crippen LogP contribution in [0.3, 0.4) is 0 Å². The lowest BCUT2D eigenvalue weighted by molar-refractivity contribution is -0.146. The fraction of sp³-hybridized carbons (Fsp3) is 0.628. The van der Waals surface area contributed by atoms with Gasteiger partial charge in [-0.1, -0.05) is 102 Å². The van der Waals surface area contributed by atoms with Gasteiger partial charge >= 0.3 is 0 Å². The number of phenolic OH excluding ortho intramolecular Hbond substituents is 1. The standard InChI is InChI=1S/C43H67N5O6S/c1-11-30(6)41(47(9)43(53)39(28(2)3)45-42(52)40(29(4)5)46(7)8)34(54-10)27-38(51)48-25-17-20-32(48)23-24-36(50)44-37(26-31-18-13-12-14-19-31)55-35-22-16-15-21-33(35)49/h12-16,18-19,21-22,28-30,32,34,37,39-41,49H,11,17,20,23-27H2,1-10H3,(H,44,50)(H,45,52). The van der Waals surface area contributed by atoms with Gasteiger partial charge in [-0.05, 0) is 68.8 Å². The third-order valence-corrected chi connectivity index (χ3v) is 12.1. The Morgan fingerprint density at radius 3 is 2.18 bits per heavy atom. The number of para-hydroxylation sites is 1. The van der Waals surface area contributed by atoms with E-state index >= 15 is 0 Å². The monoisotopic (exact) mass is 781 g/mol. The van der Waals surface area contributed by atoms with Crippen LogP contribution in [0.15, 0.2) is 59.5 Å². The normalized spacial score (nSPS) is 17.8. The first-order valence-electron chi connectivity index (χ1n) is 19.9. The third kappa shape index (κ3) is 13.2. The van der Waals surface area contributed by atoms with Crippen LogP contribution in [0.25, 0.3) is 0 Å². The van der Waals surface area contributed by atoms with Gasteiger partial charge < -0.3 is 30.3 Å². The molecule has 0 bridgehead atoms. The van der Waals surface area contributed by atoms with Gasteiger partial charge in [-0.2, -0.15) is 0 Å². The molecule has 4 amide bonds. The lowest BCUT2D eigenvalue weighted by Gasteiger charge is -2.40. The van der Waals surface area contributed by atoms with Crippen LogP contribution < -0.4 is 10.6 Å². The van der Waals surface area contributed by atoms with Crippen LogP contribution in [-0.4, -0.2) is 114 Å². The molecule has 55 heavy (non-hydrogen) atoms. The predicted octanol–water partition coefficient (Wildman–Crippen LogP) is 5.95. The fourth-order valence-corrected chi connectivity index (χ4v) is 8.92. The van der Waals surface area contributed by atoms with Gasteiger partial charge in [-0.15, -0.1) is 0 Å². The molecule has 0 aliphatic carbocycles. The number of aromatic hydroxyl groups is 1. The number of amides is 4. The summed E-state index contributed by atoms with van der Waals surface area (Å²) >= 11 is 1.42. The molecular weight excluding hydrogens is 715 g/mol. The van der Waals surface area contributed by atoms with Gasteiger partial charge in [0.05, 0.1) is 34.9 Å². The highest BCUT2D eigenvalue weighted by Gasteiger charge is 2.40. The summed E-state index contributed by atoms with van der Waals surface area (Å²) in [7, 11) is 7.07. The van der Waals surface area contributed by atoms with Crippen LogP contribution in [0.5, 0.6) is 5.75 Å². The molecule has 11 nitrogen and oxygen atoms in total. The number of rotatable bonds is 21. The van der Waals surface area contributed by atoms with Crippen LogP contribution >= 0.6 is 11.8 Å². The highest BCUT2D eigenvalue weighted by atomic mass is 32.2. The van der Waals surface area contributed by atoms with Crippen molar-refractivity contribution < 1.29 is 29.0 Å². The largest absolute Gasteiger partial charge is 0.507 e. The molecule has 12 heteroatoms. The first kappa shape index (κ1) is 45.8. The molecule has 7 atom stereocenters. The summed E-state index contributed by atoms with van der Waals surface area (Å²) in [5.41, 5.74) is 1.08. The Hall–Kier alpha value is -3.61. The summed E-state index contributed by atoms with van der Waals surface area (Å²) in [6, 6.07) is 15.4. The molecule has 2 aromatic carbocycles. The first-order valence-corrected chi connectivity index (χ1v) is 20.8. The molecule has 306 valence electrons. The zero-order valence-corrected chi connectivity index (χ0v) is 35.6. The Bertz CT molecular complexity index is 1520. The summed E-state index contributed by atoms with van der Waals surface area (Å²) in [5.74, 6) is -0.470. The van der Waals surface area contributed by atoms with E-state index in [1.54, 1.807) is 31.2 Å². The van der Waals surface area contributed by atoms with E-state index in [0.29, 0.717) is 24.3 Å². The summed E-state index contributed by atoms with van der Waals surface area (Å²) in [6.45, 7) is 12.6. The summed E-state index contributed by atoms with van der Waals surface area (Å²) in [5, 5.41) is 16.3. The molecule has 3 rings (SSSR count). The van der Waals surface area contributed by atoms with Crippen molar-refractivity contribution in [2.75, 3.05) is 34.8 Å². The number of benzene rings is 2. The second-order valence-electron chi connectivity index (χ2n) is 15.9. The number of methoxy groups -OCH3 is 1. The molecule has 1 fully saturated rings. The summed E-state index contributed by atoms with van der Waals surface area (Å²) in [6.07, 6.45) is 3.33. The number of nitrogens with one attached hydrogen (secondary N) is 2. The quantitative estimate of drug-likeness (QED) is 0.105. The van der Waals surface area contributed by atoms with E-state index in [0.717, 1.165) is 24.8 Å². The number of likely N-dealkylation sites (tertiary alicyclic amines) is 1. The number of hydrogen-bond acceptors (Lipinski definition) is 8. The molecule has 0 radical (unpaired) electrons. The number of phenols is 1. The van der Waals surface area contributed by atoms with Crippen molar-refractivity contribution >= 4 is 35.4 Å². The number of carbonyl (C=O) groups excluding carboxylic acids is 4. The smallest absolute Gasteiger partial charge is 0.245 e. The Morgan fingerprint density at radius 1 is 0.945 bits per heavy atom. The second kappa shape index (κ2) is 22.2. The van der Waals surface area contributed by atoms with Crippen molar-refractivity contribution in [1.82, 2.24) is 25.3 Å². The minimum atomic E-state index is -0.739. The highest BCUT2D eigenvalue weighted by molar-refractivity contribution is 8.00. The van der Waals surface area contributed by atoms with E-state index in [2.05, 4.69) is 24.5 Å². The number of nitrogens with zero attached hydrogens (tertiary/aromatic N) is 3. The Labute approximate surface area is 334 Å². The summed E-state index contributed by atoms with van der Waals surface area (Å²) < 4.78 is 6.02. The van der Waals surface area contributed by atoms with Gasteiger partial charge in [0, 0.05) is 39.6 Å². The highest BCUT2D eigenvalue weighted by Crippen LogP contribution is 2.32. The van der Waals surface area contributed by atoms with Gasteiger partial charge in [0.15, 0.2) is 0 Å². The average molecular weight is 782 g/mol. The molecule has 0 saturated carbocycles. The van der Waals surface area contributed by atoms with Crippen LogP contribution in [0.4, 0.5) is 0 Å². The molecule has 1 heterocycles. The van der Waals surface area contributed by atoms with Crippen LogP contribution in [0, 0.1) is 17.8 Å². The van der Waals surface area contributed by atoms with Crippen molar-refractivity contribution in [1.29, 1.82) is 0 Å². The van der Waals surface area contributed by atoms with Crippen molar-refractivity contribution in [3.8, 4) is 5.75 Å². The minimum Gasteiger partial charge on any atom is -0.507 e. The molecule has 1 aliphatic heterocycles. The van der Waals surface area contributed by atoms with Crippen molar-refractivity contribution in [2.45, 2.75) is 127 Å². The summed E-state index contributed by atoms with van der Waals surface area (Å²) in [4.78, 5) is 61.2. The van der Waals surface area contributed by atoms with E-state index in [4.69, 9.17) is 4.74 Å². The molecule has 0 spiro atoms. The Kier molecular flexibility index (Phi) is 18.5.